The van der Waals surface area contributed by atoms with E-state index in [1.165, 1.54) is 11.0 Å². The van der Waals surface area contributed by atoms with Crippen molar-refractivity contribution in [1.29, 1.82) is 5.41 Å². The molecule has 134 valence electrons. The van der Waals surface area contributed by atoms with Gasteiger partial charge in [-0.15, -0.1) is 6.42 Å². The number of nitrogens with zero attached hydrogens (tertiary/aromatic N) is 2. The monoisotopic (exact) mass is 354 g/mol. The average molecular weight is 354 g/mol. The van der Waals surface area contributed by atoms with Crippen LogP contribution in [0.1, 0.15) is 22.5 Å². The van der Waals surface area contributed by atoms with Gasteiger partial charge in [0.2, 0.25) is 0 Å². The zero-order chi connectivity index (χ0) is 18.4. The number of hydrogen-bond donors (Lipinski definition) is 2. The van der Waals surface area contributed by atoms with E-state index in [1.54, 1.807) is 0 Å². The Morgan fingerprint density at radius 1 is 1.44 bits per heavy atom. The minimum absolute atomic E-state index is 0.0138. The normalized spacial score (nSPS) is 15.2. The van der Waals surface area contributed by atoms with E-state index in [2.05, 4.69) is 10.3 Å². The van der Waals surface area contributed by atoms with E-state index >= 15 is 0 Å². The Bertz CT molecular complexity index is 690. The minimum Gasteiger partial charge on any atom is -0.380 e. The lowest BCUT2D eigenvalue weighted by atomic mass is 10.1. The van der Waals surface area contributed by atoms with Crippen LogP contribution in [-0.2, 0) is 4.74 Å². The fraction of sp³-hybridized carbons (Fsp3) is 0.438. The second-order valence-corrected chi connectivity index (χ2v) is 5.36. The predicted octanol–water partition coefficient (Wildman–Crippen LogP) is 1.92. The molecule has 0 atom stereocenters. The summed E-state index contributed by atoms with van der Waals surface area (Å²) in [6, 6.07) is 1.20. The van der Waals surface area contributed by atoms with Crippen LogP contribution in [0.3, 0.4) is 0 Å². The van der Waals surface area contributed by atoms with Crippen LogP contribution in [0.5, 0.6) is 0 Å². The van der Waals surface area contributed by atoms with Gasteiger partial charge in [-0.1, -0.05) is 5.92 Å². The topological polar surface area (TPSA) is 78.3 Å². The van der Waals surface area contributed by atoms with E-state index in [-0.39, 0.29) is 22.7 Å². The summed E-state index contributed by atoms with van der Waals surface area (Å²) in [5, 5.41) is 9.83. The number of alkyl halides is 3. The van der Waals surface area contributed by atoms with Gasteiger partial charge >= 0.3 is 6.18 Å². The van der Waals surface area contributed by atoms with Crippen molar-refractivity contribution in [2.75, 3.05) is 38.2 Å². The maximum absolute atomic E-state index is 12.5. The molecule has 1 aliphatic heterocycles. The first-order chi connectivity index (χ1) is 11.8. The van der Waals surface area contributed by atoms with Crippen LogP contribution >= 0.6 is 0 Å². The molecule has 0 spiro atoms. The van der Waals surface area contributed by atoms with Gasteiger partial charge in [0.15, 0.2) is 0 Å². The molecule has 25 heavy (non-hydrogen) atoms. The summed E-state index contributed by atoms with van der Waals surface area (Å²) in [4.78, 5) is 18.0. The largest absolute Gasteiger partial charge is 0.405 e. The highest BCUT2D eigenvalue weighted by Gasteiger charge is 2.28. The number of aromatic nitrogens is 1. The summed E-state index contributed by atoms with van der Waals surface area (Å²) < 4.78 is 42.7. The van der Waals surface area contributed by atoms with Gasteiger partial charge < -0.3 is 15.0 Å². The SMILES string of the molecule is C#CC(=N)c1cnc(C(=O)N2CCCOCC2)cc1NCC(F)(F)F. The molecule has 0 radical (unpaired) electrons. The summed E-state index contributed by atoms with van der Waals surface area (Å²) in [6.07, 6.45) is 2.51. The van der Waals surface area contributed by atoms with Gasteiger partial charge in [-0.05, 0) is 12.5 Å². The minimum atomic E-state index is -4.45. The van der Waals surface area contributed by atoms with Crippen molar-refractivity contribution in [2.45, 2.75) is 12.6 Å². The summed E-state index contributed by atoms with van der Waals surface area (Å²) in [5.41, 5.74) is -0.355. The standard InChI is InChI=1S/C16H17F3N4O2/c1-2-12(20)11-9-21-14(8-13(11)22-10-16(17,18)19)15(24)23-4-3-6-25-7-5-23/h1,8-9,20H,3-7,10H2,(H,21,22). The van der Waals surface area contributed by atoms with Crippen molar-refractivity contribution in [3.8, 4) is 12.3 Å². The van der Waals surface area contributed by atoms with Crippen molar-refractivity contribution >= 4 is 17.3 Å². The molecular weight excluding hydrogens is 337 g/mol. The summed E-state index contributed by atoms with van der Waals surface area (Å²) in [6.45, 7) is 0.493. The van der Waals surface area contributed by atoms with Crippen molar-refractivity contribution in [3.05, 3.63) is 23.5 Å². The van der Waals surface area contributed by atoms with Gasteiger partial charge in [0.05, 0.1) is 6.61 Å². The predicted molar refractivity (Wildman–Crippen MR) is 85.8 cm³/mol. The summed E-state index contributed by atoms with van der Waals surface area (Å²) in [5.74, 6) is 1.65. The van der Waals surface area contributed by atoms with Crippen LogP contribution < -0.4 is 5.32 Å². The molecule has 2 heterocycles. The Morgan fingerprint density at radius 3 is 2.88 bits per heavy atom. The first-order valence-electron chi connectivity index (χ1n) is 7.55. The van der Waals surface area contributed by atoms with Gasteiger partial charge in [-0.3, -0.25) is 15.2 Å². The van der Waals surface area contributed by atoms with E-state index in [1.807, 2.05) is 5.92 Å². The fourth-order valence-electron chi connectivity index (χ4n) is 2.30. The second kappa shape index (κ2) is 7.98. The third kappa shape index (κ3) is 5.19. The highest BCUT2D eigenvalue weighted by Crippen LogP contribution is 2.21. The number of anilines is 1. The molecule has 9 heteroatoms. The highest BCUT2D eigenvalue weighted by atomic mass is 19.4. The summed E-state index contributed by atoms with van der Waals surface area (Å²) >= 11 is 0. The lowest BCUT2D eigenvalue weighted by Gasteiger charge is -2.20. The molecule has 1 aromatic heterocycles. The lowest BCUT2D eigenvalue weighted by molar-refractivity contribution is -0.115. The van der Waals surface area contributed by atoms with E-state index < -0.39 is 18.6 Å². The van der Waals surface area contributed by atoms with Crippen LogP contribution in [0.2, 0.25) is 0 Å². The number of ether oxygens (including phenoxy) is 1. The van der Waals surface area contributed by atoms with E-state index in [9.17, 15) is 18.0 Å². The molecule has 1 aromatic rings. The molecular formula is C16H17F3N4O2. The number of nitrogens with one attached hydrogen (secondary N) is 2. The molecule has 0 aliphatic carbocycles. The number of terminal acetylenes is 1. The Labute approximate surface area is 142 Å². The van der Waals surface area contributed by atoms with Crippen molar-refractivity contribution in [1.82, 2.24) is 9.88 Å². The number of carbonyl (C=O) groups is 1. The molecule has 6 nitrogen and oxygen atoms in total. The Kier molecular flexibility index (Phi) is 5.98. The van der Waals surface area contributed by atoms with Crippen molar-refractivity contribution in [2.24, 2.45) is 0 Å². The first kappa shape index (κ1) is 18.7. The van der Waals surface area contributed by atoms with Gasteiger partial charge in [0, 0.05) is 37.1 Å². The molecule has 1 aliphatic rings. The highest BCUT2D eigenvalue weighted by molar-refractivity contribution is 6.14. The van der Waals surface area contributed by atoms with Crippen LogP contribution in [0.25, 0.3) is 0 Å². The third-order valence-electron chi connectivity index (χ3n) is 3.53. The van der Waals surface area contributed by atoms with Crippen LogP contribution in [0, 0.1) is 17.8 Å². The maximum atomic E-state index is 12.5. The Hall–Kier alpha value is -2.60. The lowest BCUT2D eigenvalue weighted by Crippen LogP contribution is -2.34. The van der Waals surface area contributed by atoms with E-state index in [0.717, 1.165) is 6.20 Å². The zero-order valence-corrected chi connectivity index (χ0v) is 13.3. The van der Waals surface area contributed by atoms with Gasteiger partial charge in [0.25, 0.3) is 5.91 Å². The average Bonchev–Trinajstić information content (AvgIpc) is 2.87. The number of rotatable bonds is 4. The van der Waals surface area contributed by atoms with Gasteiger partial charge in [0.1, 0.15) is 18.0 Å². The molecule has 1 saturated heterocycles. The molecule has 2 N–H and O–H groups in total. The van der Waals surface area contributed by atoms with Crippen LogP contribution in [0.15, 0.2) is 12.3 Å². The fourth-order valence-corrected chi connectivity index (χ4v) is 2.30. The summed E-state index contributed by atoms with van der Waals surface area (Å²) in [7, 11) is 0. The Morgan fingerprint density at radius 2 is 2.20 bits per heavy atom. The zero-order valence-electron chi connectivity index (χ0n) is 13.3. The molecule has 0 aromatic carbocycles. The Balaban J connectivity index is 2.28. The van der Waals surface area contributed by atoms with Gasteiger partial charge in [-0.2, -0.15) is 13.2 Å². The first-order valence-corrected chi connectivity index (χ1v) is 7.55. The molecule has 1 amide bonds. The number of amides is 1. The number of hydrogen-bond acceptors (Lipinski definition) is 5. The third-order valence-corrected chi connectivity index (χ3v) is 3.53. The smallest absolute Gasteiger partial charge is 0.380 e. The van der Waals surface area contributed by atoms with Crippen LogP contribution in [0.4, 0.5) is 18.9 Å². The number of carbonyl (C=O) groups excluding carboxylic acids is 1. The number of pyridine rings is 1. The molecule has 0 unspecified atom stereocenters. The van der Waals surface area contributed by atoms with Crippen molar-refractivity contribution < 1.29 is 22.7 Å². The quantitative estimate of drug-likeness (QED) is 0.640. The van der Waals surface area contributed by atoms with Crippen LogP contribution in [-0.4, -0.2) is 60.5 Å². The van der Waals surface area contributed by atoms with Crippen molar-refractivity contribution in [3.63, 3.8) is 0 Å². The molecule has 2 rings (SSSR count). The molecule has 1 fully saturated rings. The molecule has 0 bridgehead atoms. The molecule has 0 saturated carbocycles. The second-order valence-electron chi connectivity index (χ2n) is 5.36. The van der Waals surface area contributed by atoms with Gasteiger partial charge in [-0.25, -0.2) is 0 Å². The van der Waals surface area contributed by atoms with E-state index in [4.69, 9.17) is 16.6 Å². The number of halogens is 3. The van der Waals surface area contributed by atoms with E-state index in [0.29, 0.717) is 32.7 Å². The maximum Gasteiger partial charge on any atom is 0.405 e.